The molecule has 0 atom stereocenters. The summed E-state index contributed by atoms with van der Waals surface area (Å²) in [6.45, 7) is 3.74. The Morgan fingerprint density at radius 2 is 1.68 bits per heavy atom. The number of halogens is 1. The fraction of sp³-hybridized carbons (Fsp3) is 0.0769. The molecule has 3 aromatic rings. The number of nitrogens with one attached hydrogen (secondary N) is 1. The van der Waals surface area contributed by atoms with Crippen LogP contribution < -0.4 is 15.0 Å². The summed E-state index contributed by atoms with van der Waals surface area (Å²) in [4.78, 5) is 51.7. The third-order valence-corrected chi connectivity index (χ3v) is 5.62. The Morgan fingerprint density at radius 1 is 0.941 bits per heavy atom. The van der Waals surface area contributed by atoms with Gasteiger partial charge in [-0.25, -0.2) is 14.5 Å². The predicted molar refractivity (Wildman–Crippen MR) is 130 cm³/mol. The van der Waals surface area contributed by atoms with Gasteiger partial charge in [0.25, 0.3) is 11.8 Å². The van der Waals surface area contributed by atoms with Crippen LogP contribution in [0, 0.1) is 13.8 Å². The standard InChI is InChI=1S/C26H19BrN2O5/c1-15-6-9-20(10-7-15)29-24(31)21(23(30)28-26(29)33)14-18-13-19(27)8-11-22(18)34-25(32)17-5-3-4-16(2)12-17/h3-14H,1-2H3,(H,28,30,33)/b21-14-. The van der Waals surface area contributed by atoms with Crippen LogP contribution in [-0.2, 0) is 9.59 Å². The van der Waals surface area contributed by atoms with Gasteiger partial charge in [-0.15, -0.1) is 0 Å². The molecule has 7 nitrogen and oxygen atoms in total. The highest BCUT2D eigenvalue weighted by Crippen LogP contribution is 2.29. The SMILES string of the molecule is Cc1ccc(N2C(=O)NC(=O)/C(=C/c3cc(Br)ccc3OC(=O)c3cccc(C)c3)C2=O)cc1. The van der Waals surface area contributed by atoms with Gasteiger partial charge >= 0.3 is 12.0 Å². The number of hydrogen-bond acceptors (Lipinski definition) is 5. The van der Waals surface area contributed by atoms with Crippen molar-refractivity contribution in [1.82, 2.24) is 5.32 Å². The van der Waals surface area contributed by atoms with Crippen LogP contribution in [0.4, 0.5) is 10.5 Å². The van der Waals surface area contributed by atoms with Gasteiger partial charge in [-0.1, -0.05) is 51.3 Å². The summed E-state index contributed by atoms with van der Waals surface area (Å²) >= 11 is 3.36. The predicted octanol–water partition coefficient (Wildman–Crippen LogP) is 4.95. The number of barbiturate groups is 1. The molecule has 0 aliphatic carbocycles. The summed E-state index contributed by atoms with van der Waals surface area (Å²) < 4.78 is 6.21. The number of carbonyl (C=O) groups excluding carboxylic acids is 4. The number of carbonyl (C=O) groups is 4. The Labute approximate surface area is 204 Å². The smallest absolute Gasteiger partial charge is 0.343 e. The van der Waals surface area contributed by atoms with E-state index in [1.165, 1.54) is 6.08 Å². The lowest BCUT2D eigenvalue weighted by atomic mass is 10.1. The van der Waals surface area contributed by atoms with E-state index >= 15 is 0 Å². The normalized spacial score (nSPS) is 14.9. The molecule has 1 aliphatic rings. The van der Waals surface area contributed by atoms with Crippen LogP contribution in [0.1, 0.15) is 27.0 Å². The number of urea groups is 1. The van der Waals surface area contributed by atoms with Crippen molar-refractivity contribution < 1.29 is 23.9 Å². The van der Waals surface area contributed by atoms with Crippen LogP contribution in [0.5, 0.6) is 5.75 Å². The van der Waals surface area contributed by atoms with Gasteiger partial charge in [0.15, 0.2) is 0 Å². The van der Waals surface area contributed by atoms with E-state index in [4.69, 9.17) is 4.74 Å². The van der Waals surface area contributed by atoms with Gasteiger partial charge in [0, 0.05) is 10.0 Å². The van der Waals surface area contributed by atoms with E-state index in [2.05, 4.69) is 21.2 Å². The second kappa shape index (κ2) is 9.44. The zero-order valence-electron chi connectivity index (χ0n) is 18.3. The molecule has 1 heterocycles. The fourth-order valence-corrected chi connectivity index (χ4v) is 3.78. The largest absolute Gasteiger partial charge is 0.422 e. The number of anilines is 1. The van der Waals surface area contributed by atoms with Crippen molar-refractivity contribution in [2.75, 3.05) is 4.90 Å². The minimum Gasteiger partial charge on any atom is -0.422 e. The van der Waals surface area contributed by atoms with Crippen LogP contribution in [0.3, 0.4) is 0 Å². The number of amides is 4. The van der Waals surface area contributed by atoms with Gasteiger partial charge < -0.3 is 4.74 Å². The highest BCUT2D eigenvalue weighted by atomic mass is 79.9. The summed E-state index contributed by atoms with van der Waals surface area (Å²) in [7, 11) is 0. The number of benzene rings is 3. The van der Waals surface area contributed by atoms with Crippen LogP contribution >= 0.6 is 15.9 Å². The first-order valence-corrected chi connectivity index (χ1v) is 11.1. The molecular weight excluding hydrogens is 500 g/mol. The molecule has 0 bridgehead atoms. The van der Waals surface area contributed by atoms with Crippen molar-refractivity contribution in [1.29, 1.82) is 0 Å². The van der Waals surface area contributed by atoms with Crippen molar-refractivity contribution >= 4 is 51.5 Å². The van der Waals surface area contributed by atoms with Crippen LogP contribution in [0.15, 0.2) is 76.8 Å². The first-order chi connectivity index (χ1) is 16.2. The van der Waals surface area contributed by atoms with Crippen LogP contribution in [0.2, 0.25) is 0 Å². The maximum Gasteiger partial charge on any atom is 0.343 e. The van der Waals surface area contributed by atoms with Crippen molar-refractivity contribution in [3.8, 4) is 5.75 Å². The van der Waals surface area contributed by atoms with E-state index in [-0.39, 0.29) is 11.3 Å². The Balaban J connectivity index is 1.71. The summed E-state index contributed by atoms with van der Waals surface area (Å²) in [6.07, 6.45) is 1.30. The van der Waals surface area contributed by atoms with Crippen molar-refractivity contribution in [2.24, 2.45) is 0 Å². The molecule has 0 radical (unpaired) electrons. The minimum atomic E-state index is -0.839. The van der Waals surface area contributed by atoms with E-state index in [9.17, 15) is 19.2 Å². The lowest BCUT2D eigenvalue weighted by molar-refractivity contribution is -0.122. The number of nitrogens with zero attached hydrogens (tertiary/aromatic N) is 1. The molecule has 0 aromatic heterocycles. The molecule has 4 rings (SSSR count). The molecule has 3 aromatic carbocycles. The molecule has 1 fully saturated rings. The third-order valence-electron chi connectivity index (χ3n) is 5.12. The number of rotatable bonds is 4. The fourth-order valence-electron chi connectivity index (χ4n) is 3.40. The average molecular weight is 519 g/mol. The monoisotopic (exact) mass is 518 g/mol. The number of hydrogen-bond donors (Lipinski definition) is 1. The quantitative estimate of drug-likeness (QED) is 0.228. The third kappa shape index (κ3) is 4.82. The molecule has 170 valence electrons. The van der Waals surface area contributed by atoms with Crippen molar-refractivity contribution in [3.05, 3.63) is 99.0 Å². The molecule has 0 unspecified atom stereocenters. The summed E-state index contributed by atoms with van der Waals surface area (Å²) in [5.41, 5.74) is 2.59. The Morgan fingerprint density at radius 3 is 2.38 bits per heavy atom. The number of ether oxygens (including phenoxy) is 1. The average Bonchev–Trinajstić information content (AvgIpc) is 2.79. The maximum absolute atomic E-state index is 13.2. The van der Waals surface area contributed by atoms with Gasteiger partial charge in [-0.3, -0.25) is 14.9 Å². The number of esters is 1. The second-order valence-electron chi connectivity index (χ2n) is 7.73. The van der Waals surface area contributed by atoms with Crippen LogP contribution in [-0.4, -0.2) is 23.8 Å². The zero-order valence-corrected chi connectivity index (χ0v) is 19.9. The van der Waals surface area contributed by atoms with Gasteiger partial charge in [0.1, 0.15) is 11.3 Å². The molecule has 1 aliphatic heterocycles. The molecule has 0 spiro atoms. The molecule has 1 saturated heterocycles. The minimum absolute atomic E-state index is 0.154. The van der Waals surface area contributed by atoms with E-state index in [0.717, 1.165) is 16.0 Å². The molecule has 0 saturated carbocycles. The highest BCUT2D eigenvalue weighted by Gasteiger charge is 2.37. The molecule has 1 N–H and O–H groups in total. The zero-order chi connectivity index (χ0) is 24.4. The lowest BCUT2D eigenvalue weighted by Crippen LogP contribution is -2.54. The Bertz CT molecular complexity index is 1360. The lowest BCUT2D eigenvalue weighted by Gasteiger charge is -2.26. The van der Waals surface area contributed by atoms with E-state index < -0.39 is 23.8 Å². The van der Waals surface area contributed by atoms with E-state index in [1.807, 2.05) is 19.9 Å². The molecule has 4 amide bonds. The maximum atomic E-state index is 13.2. The van der Waals surface area contributed by atoms with Crippen molar-refractivity contribution in [2.45, 2.75) is 13.8 Å². The van der Waals surface area contributed by atoms with Gasteiger partial charge in [0.05, 0.1) is 11.3 Å². The van der Waals surface area contributed by atoms with Crippen LogP contribution in [0.25, 0.3) is 6.08 Å². The number of aryl methyl sites for hydroxylation is 2. The number of imide groups is 2. The Kier molecular flexibility index (Phi) is 6.43. The van der Waals surface area contributed by atoms with Gasteiger partial charge in [0.2, 0.25) is 0 Å². The Hall–Kier alpha value is -4.04. The first-order valence-electron chi connectivity index (χ1n) is 10.3. The summed E-state index contributed by atoms with van der Waals surface area (Å²) in [5.74, 6) is -2.05. The summed E-state index contributed by atoms with van der Waals surface area (Å²) in [6, 6.07) is 17.7. The van der Waals surface area contributed by atoms with Gasteiger partial charge in [-0.05, 0) is 62.4 Å². The first kappa shape index (κ1) is 23.1. The second-order valence-corrected chi connectivity index (χ2v) is 8.65. The highest BCUT2D eigenvalue weighted by molar-refractivity contribution is 9.10. The van der Waals surface area contributed by atoms with Gasteiger partial charge in [-0.2, -0.15) is 0 Å². The van der Waals surface area contributed by atoms with E-state index in [0.29, 0.717) is 21.3 Å². The summed E-state index contributed by atoms with van der Waals surface area (Å²) in [5, 5.41) is 2.19. The van der Waals surface area contributed by atoms with E-state index in [1.54, 1.807) is 60.7 Å². The molecule has 8 heteroatoms. The topological polar surface area (TPSA) is 92.8 Å². The molecular formula is C26H19BrN2O5. The molecule has 34 heavy (non-hydrogen) atoms. The van der Waals surface area contributed by atoms with Crippen molar-refractivity contribution in [3.63, 3.8) is 0 Å².